The summed E-state index contributed by atoms with van der Waals surface area (Å²) in [6, 6.07) is 4.99. The van der Waals surface area contributed by atoms with E-state index < -0.39 is 18.0 Å². The number of rotatable bonds is 5. The highest BCUT2D eigenvalue weighted by molar-refractivity contribution is 5.94. The summed E-state index contributed by atoms with van der Waals surface area (Å²) in [5.41, 5.74) is 0.995. The molecule has 7 heteroatoms. The number of hydrogen-bond donors (Lipinski definition) is 4. The van der Waals surface area contributed by atoms with E-state index in [1.54, 1.807) is 31.2 Å². The van der Waals surface area contributed by atoms with Crippen LogP contribution in [0.4, 0.5) is 16.2 Å². The zero-order chi connectivity index (χ0) is 15.1. The van der Waals surface area contributed by atoms with E-state index in [9.17, 15) is 14.4 Å². The molecule has 20 heavy (non-hydrogen) atoms. The number of urea groups is 1. The molecule has 0 unspecified atom stereocenters. The van der Waals surface area contributed by atoms with Crippen molar-refractivity contribution in [2.24, 2.45) is 0 Å². The minimum Gasteiger partial charge on any atom is -0.480 e. The minimum atomic E-state index is -1.09. The van der Waals surface area contributed by atoms with E-state index in [1.165, 1.54) is 6.92 Å². The van der Waals surface area contributed by atoms with Crippen molar-refractivity contribution in [2.75, 3.05) is 10.6 Å². The first-order valence-corrected chi connectivity index (χ1v) is 6.10. The fourth-order valence-electron chi connectivity index (χ4n) is 1.54. The van der Waals surface area contributed by atoms with Crippen LogP contribution < -0.4 is 16.0 Å². The summed E-state index contributed by atoms with van der Waals surface area (Å²) in [6.45, 7) is 3.04. The molecule has 0 aliphatic carbocycles. The highest BCUT2D eigenvalue weighted by Gasteiger charge is 2.17. The summed E-state index contributed by atoms with van der Waals surface area (Å²) < 4.78 is 0. The second-order valence-corrected chi connectivity index (χ2v) is 4.16. The van der Waals surface area contributed by atoms with E-state index in [1.807, 2.05) is 0 Å². The normalized spacial score (nSPS) is 11.3. The van der Waals surface area contributed by atoms with Crippen molar-refractivity contribution in [1.82, 2.24) is 5.32 Å². The molecule has 0 saturated carbocycles. The Morgan fingerprint density at radius 2 is 1.80 bits per heavy atom. The van der Waals surface area contributed by atoms with Gasteiger partial charge in [0.15, 0.2) is 0 Å². The number of aliphatic carboxylic acids is 1. The lowest BCUT2D eigenvalue weighted by Crippen LogP contribution is -2.42. The van der Waals surface area contributed by atoms with Gasteiger partial charge < -0.3 is 21.1 Å². The van der Waals surface area contributed by atoms with Gasteiger partial charge in [0.25, 0.3) is 0 Å². The SMILES string of the molecule is CC[C@H](NC(=O)Nc1cccc(NC(C)=O)c1)C(=O)O. The zero-order valence-electron chi connectivity index (χ0n) is 11.3. The maximum Gasteiger partial charge on any atom is 0.326 e. The number of carbonyl (C=O) groups excluding carboxylic acids is 2. The average molecular weight is 279 g/mol. The Kier molecular flexibility index (Phi) is 5.52. The van der Waals surface area contributed by atoms with Crippen molar-refractivity contribution < 1.29 is 19.5 Å². The monoisotopic (exact) mass is 279 g/mol. The zero-order valence-corrected chi connectivity index (χ0v) is 11.3. The predicted molar refractivity (Wildman–Crippen MR) is 74.6 cm³/mol. The Hall–Kier alpha value is -2.57. The molecule has 0 bridgehead atoms. The first kappa shape index (κ1) is 15.5. The van der Waals surface area contributed by atoms with Crippen LogP contribution in [-0.4, -0.2) is 29.1 Å². The molecule has 0 aromatic heterocycles. The van der Waals surface area contributed by atoms with Crippen molar-refractivity contribution in [3.63, 3.8) is 0 Å². The van der Waals surface area contributed by atoms with Gasteiger partial charge in [0, 0.05) is 18.3 Å². The quantitative estimate of drug-likeness (QED) is 0.657. The number of carbonyl (C=O) groups is 3. The number of nitrogens with one attached hydrogen (secondary N) is 3. The molecule has 1 aromatic carbocycles. The van der Waals surface area contributed by atoms with Gasteiger partial charge in [0.1, 0.15) is 6.04 Å². The molecule has 0 heterocycles. The lowest BCUT2D eigenvalue weighted by atomic mass is 10.2. The molecular formula is C13H17N3O4. The summed E-state index contributed by atoms with van der Waals surface area (Å²) in [5.74, 6) is -1.31. The van der Waals surface area contributed by atoms with Gasteiger partial charge in [-0.1, -0.05) is 13.0 Å². The van der Waals surface area contributed by atoms with Crippen molar-refractivity contribution in [2.45, 2.75) is 26.3 Å². The van der Waals surface area contributed by atoms with Crippen LogP contribution in [-0.2, 0) is 9.59 Å². The summed E-state index contributed by atoms with van der Waals surface area (Å²) in [4.78, 5) is 33.4. The highest BCUT2D eigenvalue weighted by Crippen LogP contribution is 2.14. The van der Waals surface area contributed by atoms with E-state index in [4.69, 9.17) is 5.11 Å². The van der Waals surface area contributed by atoms with E-state index >= 15 is 0 Å². The molecule has 0 spiro atoms. The Bertz CT molecular complexity index is 516. The van der Waals surface area contributed by atoms with Crippen molar-refractivity contribution >= 4 is 29.3 Å². The third-order valence-corrected chi connectivity index (χ3v) is 2.45. The average Bonchev–Trinajstić information content (AvgIpc) is 2.35. The molecule has 0 saturated heterocycles. The Morgan fingerprint density at radius 1 is 1.20 bits per heavy atom. The van der Waals surface area contributed by atoms with Gasteiger partial charge >= 0.3 is 12.0 Å². The van der Waals surface area contributed by atoms with Crippen molar-refractivity contribution in [1.29, 1.82) is 0 Å². The van der Waals surface area contributed by atoms with Crippen LogP contribution >= 0.6 is 0 Å². The smallest absolute Gasteiger partial charge is 0.326 e. The van der Waals surface area contributed by atoms with Crippen LogP contribution in [0.3, 0.4) is 0 Å². The number of anilines is 2. The number of benzene rings is 1. The minimum absolute atomic E-state index is 0.219. The van der Waals surface area contributed by atoms with Gasteiger partial charge in [-0.2, -0.15) is 0 Å². The standard InChI is InChI=1S/C13H17N3O4/c1-3-11(12(18)19)16-13(20)15-10-6-4-5-9(7-10)14-8(2)17/h4-7,11H,3H2,1-2H3,(H,14,17)(H,18,19)(H2,15,16,20)/t11-/m0/s1. The maximum absolute atomic E-state index is 11.6. The van der Waals surface area contributed by atoms with Crippen LogP contribution in [0.25, 0.3) is 0 Å². The van der Waals surface area contributed by atoms with Crippen LogP contribution in [0.2, 0.25) is 0 Å². The molecule has 0 radical (unpaired) electrons. The summed E-state index contributed by atoms with van der Waals surface area (Å²) in [7, 11) is 0. The fraction of sp³-hybridized carbons (Fsp3) is 0.308. The van der Waals surface area contributed by atoms with Crippen LogP contribution in [0, 0.1) is 0 Å². The molecule has 3 amide bonds. The number of carboxylic acids is 1. The molecule has 1 atom stereocenters. The number of hydrogen-bond acceptors (Lipinski definition) is 3. The molecule has 108 valence electrons. The molecule has 0 fully saturated rings. The molecule has 0 aliphatic heterocycles. The Labute approximate surface area is 116 Å². The van der Waals surface area contributed by atoms with E-state index in [0.717, 1.165) is 0 Å². The molecule has 1 aromatic rings. The Morgan fingerprint density at radius 3 is 2.30 bits per heavy atom. The first-order valence-electron chi connectivity index (χ1n) is 6.10. The van der Waals surface area contributed by atoms with E-state index in [-0.39, 0.29) is 12.3 Å². The van der Waals surface area contributed by atoms with Gasteiger partial charge in [0.2, 0.25) is 5.91 Å². The molecule has 1 rings (SSSR count). The predicted octanol–water partition coefficient (Wildman–Crippen LogP) is 1.63. The summed E-state index contributed by atoms with van der Waals surface area (Å²) in [5, 5.41) is 16.3. The summed E-state index contributed by atoms with van der Waals surface area (Å²) in [6.07, 6.45) is 0.286. The molecule has 0 aliphatic rings. The third-order valence-electron chi connectivity index (χ3n) is 2.45. The molecule has 4 N–H and O–H groups in total. The van der Waals surface area contributed by atoms with E-state index in [2.05, 4.69) is 16.0 Å². The number of carboxylic acid groups (broad SMARTS) is 1. The van der Waals surface area contributed by atoms with Gasteiger partial charge in [-0.15, -0.1) is 0 Å². The van der Waals surface area contributed by atoms with Crippen LogP contribution in [0.1, 0.15) is 20.3 Å². The maximum atomic E-state index is 11.6. The van der Waals surface area contributed by atoms with Crippen LogP contribution in [0.5, 0.6) is 0 Å². The van der Waals surface area contributed by atoms with Crippen LogP contribution in [0.15, 0.2) is 24.3 Å². The van der Waals surface area contributed by atoms with Gasteiger partial charge in [-0.3, -0.25) is 4.79 Å². The summed E-state index contributed by atoms with van der Waals surface area (Å²) >= 11 is 0. The van der Waals surface area contributed by atoms with Gasteiger partial charge in [-0.25, -0.2) is 9.59 Å². The third kappa shape index (κ3) is 4.97. The largest absolute Gasteiger partial charge is 0.480 e. The van der Waals surface area contributed by atoms with Gasteiger partial charge in [0.05, 0.1) is 0 Å². The highest BCUT2D eigenvalue weighted by atomic mass is 16.4. The second kappa shape index (κ2) is 7.13. The van der Waals surface area contributed by atoms with Crippen molar-refractivity contribution in [3.8, 4) is 0 Å². The van der Waals surface area contributed by atoms with Crippen molar-refractivity contribution in [3.05, 3.63) is 24.3 Å². The topological polar surface area (TPSA) is 108 Å². The first-order chi connectivity index (χ1) is 9.42. The molecule has 7 nitrogen and oxygen atoms in total. The lowest BCUT2D eigenvalue weighted by molar-refractivity contribution is -0.139. The Balaban J connectivity index is 2.66. The fourth-order valence-corrected chi connectivity index (χ4v) is 1.54. The van der Waals surface area contributed by atoms with E-state index in [0.29, 0.717) is 11.4 Å². The molecular weight excluding hydrogens is 262 g/mol. The number of amides is 3. The second-order valence-electron chi connectivity index (χ2n) is 4.16. The van der Waals surface area contributed by atoms with Gasteiger partial charge in [-0.05, 0) is 24.6 Å². The lowest BCUT2D eigenvalue weighted by Gasteiger charge is -2.13.